The second-order valence-corrected chi connectivity index (χ2v) is 6.01. The highest BCUT2D eigenvalue weighted by Gasteiger charge is 2.48. The molecule has 1 aromatic carbocycles. The van der Waals surface area contributed by atoms with Crippen molar-refractivity contribution in [3.8, 4) is 0 Å². The van der Waals surface area contributed by atoms with Gasteiger partial charge in [-0.2, -0.15) is 0 Å². The van der Waals surface area contributed by atoms with Crippen molar-refractivity contribution in [3.05, 3.63) is 35.9 Å². The maximum atomic E-state index is 12.3. The minimum Gasteiger partial charge on any atom is -0.469 e. The number of hydrogen-bond acceptors (Lipinski definition) is 3. The van der Waals surface area contributed by atoms with Crippen LogP contribution in [0.3, 0.4) is 0 Å². The molecule has 4 rings (SSSR count). The van der Waals surface area contributed by atoms with E-state index in [2.05, 4.69) is 0 Å². The highest BCUT2D eigenvalue weighted by atomic mass is 16.5. The highest BCUT2D eigenvalue weighted by molar-refractivity contribution is 6.06. The molecule has 1 fully saturated rings. The van der Waals surface area contributed by atoms with Gasteiger partial charge in [-0.15, -0.1) is 0 Å². The minimum atomic E-state index is -0.188. The lowest BCUT2D eigenvalue weighted by atomic mass is 9.74. The number of rotatable bonds is 1. The van der Waals surface area contributed by atoms with E-state index in [1.54, 1.807) is 0 Å². The van der Waals surface area contributed by atoms with Gasteiger partial charge < -0.3 is 9.64 Å². The number of para-hydroxylation sites is 1. The molecule has 0 bridgehead atoms. The van der Waals surface area contributed by atoms with Crippen LogP contribution in [0.2, 0.25) is 0 Å². The summed E-state index contributed by atoms with van der Waals surface area (Å²) in [7, 11) is 1.44. The lowest BCUT2D eigenvalue weighted by Gasteiger charge is -2.40. The molecule has 4 nitrogen and oxygen atoms in total. The Morgan fingerprint density at radius 3 is 2.95 bits per heavy atom. The standard InChI is InChI=1S/C17H17NO3/c1-21-17(20)11-8-10-6-7-15(19)18-14-5-3-2-4-12(14)13(9-11)16(10)18/h2-5,9-11,16H,6-8H2,1H3/t10-,11-,16+/m0/s1. The van der Waals surface area contributed by atoms with E-state index < -0.39 is 0 Å². The fourth-order valence-electron chi connectivity index (χ4n) is 4.08. The third-order valence-electron chi connectivity index (χ3n) is 4.96. The molecule has 0 spiro atoms. The van der Waals surface area contributed by atoms with Crippen LogP contribution in [0.1, 0.15) is 24.8 Å². The van der Waals surface area contributed by atoms with E-state index in [1.165, 1.54) is 7.11 Å². The second-order valence-electron chi connectivity index (χ2n) is 6.01. The second kappa shape index (κ2) is 4.45. The number of anilines is 1. The Bertz CT molecular complexity index is 664. The molecule has 108 valence electrons. The molecule has 0 unspecified atom stereocenters. The van der Waals surface area contributed by atoms with Crippen LogP contribution in [0.5, 0.6) is 0 Å². The third kappa shape index (κ3) is 1.68. The first-order chi connectivity index (χ1) is 10.2. The molecule has 1 amide bonds. The normalized spacial score (nSPS) is 29.6. The van der Waals surface area contributed by atoms with Crippen LogP contribution < -0.4 is 4.90 Å². The van der Waals surface area contributed by atoms with Crippen molar-refractivity contribution >= 4 is 23.1 Å². The largest absolute Gasteiger partial charge is 0.469 e. The number of benzene rings is 1. The molecule has 0 aromatic heterocycles. The molecular weight excluding hydrogens is 266 g/mol. The van der Waals surface area contributed by atoms with Crippen LogP contribution in [0.25, 0.3) is 5.57 Å². The number of carbonyl (C=O) groups excluding carboxylic acids is 2. The van der Waals surface area contributed by atoms with Crippen LogP contribution >= 0.6 is 0 Å². The van der Waals surface area contributed by atoms with Gasteiger partial charge in [0.25, 0.3) is 0 Å². The van der Waals surface area contributed by atoms with Crippen molar-refractivity contribution in [3.63, 3.8) is 0 Å². The molecular formula is C17H17NO3. The molecule has 2 heterocycles. The Hall–Kier alpha value is -2.10. The molecule has 1 saturated heterocycles. The zero-order chi connectivity index (χ0) is 14.6. The van der Waals surface area contributed by atoms with Crippen molar-refractivity contribution in [1.82, 2.24) is 0 Å². The highest BCUT2D eigenvalue weighted by Crippen LogP contribution is 2.51. The first kappa shape index (κ1) is 12.6. The average molecular weight is 283 g/mol. The molecule has 0 radical (unpaired) electrons. The summed E-state index contributed by atoms with van der Waals surface area (Å²) in [4.78, 5) is 26.2. The van der Waals surface area contributed by atoms with E-state index in [-0.39, 0.29) is 23.8 Å². The summed E-state index contributed by atoms with van der Waals surface area (Å²) in [6.45, 7) is 0. The zero-order valence-electron chi connectivity index (χ0n) is 11.9. The number of piperidine rings is 1. The van der Waals surface area contributed by atoms with Crippen molar-refractivity contribution in [2.24, 2.45) is 11.8 Å². The smallest absolute Gasteiger partial charge is 0.312 e. The van der Waals surface area contributed by atoms with Gasteiger partial charge in [-0.05, 0) is 30.4 Å². The van der Waals surface area contributed by atoms with Crippen LogP contribution in [-0.4, -0.2) is 25.0 Å². The summed E-state index contributed by atoms with van der Waals surface area (Å²) in [5.74, 6) is 0.184. The van der Waals surface area contributed by atoms with Gasteiger partial charge in [0.05, 0.1) is 24.8 Å². The van der Waals surface area contributed by atoms with Gasteiger partial charge in [0, 0.05) is 12.0 Å². The lowest BCUT2D eigenvalue weighted by molar-refractivity contribution is -0.144. The predicted octanol–water partition coefficient (Wildman–Crippen LogP) is 2.39. The number of fused-ring (bicyclic) bond motifs is 3. The van der Waals surface area contributed by atoms with Gasteiger partial charge in [0.15, 0.2) is 0 Å². The molecule has 0 N–H and O–H groups in total. The number of esters is 1. The molecule has 1 aromatic rings. The average Bonchev–Trinajstić information content (AvgIpc) is 2.86. The SMILES string of the molecule is COC(=O)[C@@H]1C=C2c3ccccc3N3C(=O)CC[C@@H](C1)[C@H]23. The van der Waals surface area contributed by atoms with E-state index in [9.17, 15) is 9.59 Å². The molecule has 3 aliphatic rings. The van der Waals surface area contributed by atoms with Gasteiger partial charge in [-0.3, -0.25) is 9.59 Å². The van der Waals surface area contributed by atoms with Crippen LogP contribution in [0, 0.1) is 11.8 Å². The molecule has 4 heteroatoms. The number of methoxy groups -OCH3 is 1. The Kier molecular flexibility index (Phi) is 2.67. The molecule has 2 aliphatic heterocycles. The first-order valence-corrected chi connectivity index (χ1v) is 7.41. The minimum absolute atomic E-state index is 0.115. The number of hydrogen-bond donors (Lipinski definition) is 0. The predicted molar refractivity (Wildman–Crippen MR) is 78.5 cm³/mol. The number of nitrogens with zero attached hydrogens (tertiary/aromatic N) is 1. The summed E-state index contributed by atoms with van der Waals surface area (Å²) in [6.07, 6.45) is 4.22. The van der Waals surface area contributed by atoms with E-state index in [0.29, 0.717) is 12.3 Å². The van der Waals surface area contributed by atoms with Crippen molar-refractivity contribution in [1.29, 1.82) is 0 Å². The van der Waals surface area contributed by atoms with Gasteiger partial charge in [-0.1, -0.05) is 24.3 Å². The Morgan fingerprint density at radius 1 is 1.33 bits per heavy atom. The van der Waals surface area contributed by atoms with Gasteiger partial charge >= 0.3 is 5.97 Å². The Morgan fingerprint density at radius 2 is 2.14 bits per heavy atom. The lowest BCUT2D eigenvalue weighted by Crippen LogP contribution is -2.48. The van der Waals surface area contributed by atoms with Gasteiger partial charge in [0.1, 0.15) is 0 Å². The Labute approximate surface area is 123 Å². The van der Waals surface area contributed by atoms with Crippen LogP contribution in [-0.2, 0) is 14.3 Å². The van der Waals surface area contributed by atoms with E-state index >= 15 is 0 Å². The molecule has 3 atom stereocenters. The summed E-state index contributed by atoms with van der Waals surface area (Å²) < 4.78 is 4.92. The summed E-state index contributed by atoms with van der Waals surface area (Å²) >= 11 is 0. The quantitative estimate of drug-likeness (QED) is 0.743. The van der Waals surface area contributed by atoms with Gasteiger partial charge in [0.2, 0.25) is 5.91 Å². The van der Waals surface area contributed by atoms with Crippen LogP contribution in [0.4, 0.5) is 5.69 Å². The maximum absolute atomic E-state index is 12.3. The van der Waals surface area contributed by atoms with Crippen molar-refractivity contribution in [2.75, 3.05) is 12.0 Å². The molecule has 1 aliphatic carbocycles. The Balaban J connectivity index is 1.87. The third-order valence-corrected chi connectivity index (χ3v) is 4.96. The van der Waals surface area contributed by atoms with Gasteiger partial charge in [-0.25, -0.2) is 0 Å². The summed E-state index contributed by atoms with van der Waals surface area (Å²) in [5, 5.41) is 0. The monoisotopic (exact) mass is 283 g/mol. The van der Waals surface area contributed by atoms with Crippen molar-refractivity contribution in [2.45, 2.75) is 25.3 Å². The van der Waals surface area contributed by atoms with E-state index in [4.69, 9.17) is 4.74 Å². The van der Waals surface area contributed by atoms with Crippen LogP contribution in [0.15, 0.2) is 30.3 Å². The maximum Gasteiger partial charge on any atom is 0.312 e. The first-order valence-electron chi connectivity index (χ1n) is 7.41. The van der Waals surface area contributed by atoms with E-state index in [1.807, 2.05) is 35.2 Å². The molecule has 21 heavy (non-hydrogen) atoms. The number of amides is 1. The number of carbonyl (C=O) groups is 2. The number of ether oxygens (including phenoxy) is 1. The zero-order valence-corrected chi connectivity index (χ0v) is 11.9. The topological polar surface area (TPSA) is 46.6 Å². The summed E-state index contributed by atoms with van der Waals surface area (Å²) in [5.41, 5.74) is 3.22. The van der Waals surface area contributed by atoms with Crippen molar-refractivity contribution < 1.29 is 14.3 Å². The fourth-order valence-corrected chi connectivity index (χ4v) is 4.08. The molecule has 0 saturated carbocycles. The van der Waals surface area contributed by atoms with E-state index in [0.717, 1.165) is 29.7 Å². The summed E-state index contributed by atoms with van der Waals surface area (Å²) in [6, 6.07) is 8.11. The fraction of sp³-hybridized carbons (Fsp3) is 0.412.